The van der Waals surface area contributed by atoms with Crippen molar-refractivity contribution in [2.45, 2.75) is 6.10 Å². The molecule has 0 aliphatic carbocycles. The molecule has 2 saturated heterocycles. The van der Waals surface area contributed by atoms with Gasteiger partial charge in [-0.25, -0.2) is 9.59 Å². The van der Waals surface area contributed by atoms with E-state index in [0.29, 0.717) is 18.8 Å². The topological polar surface area (TPSA) is 114 Å². The van der Waals surface area contributed by atoms with E-state index in [4.69, 9.17) is 9.47 Å². The number of carbonyl (C=O) groups is 4. The summed E-state index contributed by atoms with van der Waals surface area (Å²) in [6.45, 7) is 1.22. The first-order valence-electron chi connectivity index (χ1n) is 8.32. The van der Waals surface area contributed by atoms with E-state index in [2.05, 4.69) is 10.1 Å². The first-order chi connectivity index (χ1) is 13.0. The van der Waals surface area contributed by atoms with E-state index >= 15 is 0 Å². The van der Waals surface area contributed by atoms with Gasteiger partial charge in [0.1, 0.15) is 12.7 Å². The van der Waals surface area contributed by atoms with Gasteiger partial charge in [0.2, 0.25) is 0 Å². The van der Waals surface area contributed by atoms with E-state index in [1.807, 2.05) is 0 Å². The quantitative estimate of drug-likeness (QED) is 0.564. The van der Waals surface area contributed by atoms with Crippen molar-refractivity contribution >= 4 is 35.3 Å². The lowest BCUT2D eigenvalue weighted by atomic mass is 10.2. The molecule has 0 aromatic heterocycles. The molecule has 144 valence electrons. The maximum atomic E-state index is 12.1. The van der Waals surface area contributed by atoms with E-state index in [-0.39, 0.29) is 25.6 Å². The summed E-state index contributed by atoms with van der Waals surface area (Å²) in [7, 11) is 1.10. The first kappa shape index (κ1) is 18.6. The van der Waals surface area contributed by atoms with E-state index in [1.165, 1.54) is 4.90 Å². The van der Waals surface area contributed by atoms with Crippen LogP contribution in [0.1, 0.15) is 0 Å². The summed E-state index contributed by atoms with van der Waals surface area (Å²) >= 11 is 0. The van der Waals surface area contributed by atoms with Crippen molar-refractivity contribution in [3.05, 3.63) is 24.3 Å². The normalized spacial score (nSPS) is 19.7. The summed E-state index contributed by atoms with van der Waals surface area (Å²) in [5, 5.41) is 2.35. The minimum atomic E-state index is -1.01. The number of methoxy groups -OCH3 is 1. The van der Waals surface area contributed by atoms with Gasteiger partial charge in [0.25, 0.3) is 5.91 Å². The lowest BCUT2D eigenvalue weighted by Gasteiger charge is -2.27. The Morgan fingerprint density at radius 1 is 1.19 bits per heavy atom. The summed E-state index contributed by atoms with van der Waals surface area (Å²) in [4.78, 5) is 49.5. The molecule has 0 bridgehead atoms. The van der Waals surface area contributed by atoms with Crippen LogP contribution in [-0.4, -0.2) is 69.9 Å². The lowest BCUT2D eigenvalue weighted by Crippen LogP contribution is -2.41. The van der Waals surface area contributed by atoms with Gasteiger partial charge in [0.05, 0.1) is 26.8 Å². The number of morpholine rings is 1. The fourth-order valence-electron chi connectivity index (χ4n) is 2.81. The van der Waals surface area contributed by atoms with Crippen molar-refractivity contribution in [3.8, 4) is 0 Å². The Kier molecular flexibility index (Phi) is 5.55. The molecule has 10 nitrogen and oxygen atoms in total. The molecule has 3 amide bonds. The van der Waals surface area contributed by atoms with Crippen LogP contribution in [0.3, 0.4) is 0 Å². The molecule has 1 atom stereocenters. The molecule has 2 fully saturated rings. The third kappa shape index (κ3) is 4.17. The molecule has 2 aliphatic heterocycles. The Morgan fingerprint density at radius 2 is 1.85 bits per heavy atom. The number of benzene rings is 1. The predicted octanol–water partition coefficient (Wildman–Crippen LogP) is -0.336. The van der Waals surface area contributed by atoms with Gasteiger partial charge in [-0.05, 0) is 24.3 Å². The number of hydrogen-bond acceptors (Lipinski definition) is 7. The molecule has 1 aromatic carbocycles. The van der Waals surface area contributed by atoms with E-state index < -0.39 is 24.1 Å². The van der Waals surface area contributed by atoms with E-state index in [9.17, 15) is 19.2 Å². The van der Waals surface area contributed by atoms with E-state index in [1.54, 1.807) is 29.2 Å². The summed E-state index contributed by atoms with van der Waals surface area (Å²) in [6, 6.07) is 6.93. The van der Waals surface area contributed by atoms with Crippen LogP contribution in [0.15, 0.2) is 24.3 Å². The third-order valence-corrected chi connectivity index (χ3v) is 4.19. The highest BCUT2D eigenvalue weighted by Gasteiger charge is 2.33. The maximum absolute atomic E-state index is 12.1. The van der Waals surface area contributed by atoms with Crippen LogP contribution in [0.5, 0.6) is 0 Å². The van der Waals surface area contributed by atoms with Crippen LogP contribution < -0.4 is 15.1 Å². The SMILES string of the molecule is COC(=O)C(=O)NC[C@H]1CN(c2ccc(N3CCOCC3=O)cc2)C(=O)O1. The van der Waals surface area contributed by atoms with Crippen LogP contribution in [0.2, 0.25) is 0 Å². The van der Waals surface area contributed by atoms with Crippen LogP contribution >= 0.6 is 0 Å². The molecule has 0 saturated carbocycles. The molecule has 0 unspecified atom stereocenters. The second-order valence-electron chi connectivity index (χ2n) is 5.93. The van der Waals surface area contributed by atoms with Gasteiger partial charge in [-0.15, -0.1) is 0 Å². The monoisotopic (exact) mass is 377 g/mol. The molecule has 0 spiro atoms. The number of amides is 3. The zero-order valence-electron chi connectivity index (χ0n) is 14.7. The first-order valence-corrected chi connectivity index (χ1v) is 8.32. The zero-order valence-corrected chi connectivity index (χ0v) is 14.7. The summed E-state index contributed by atoms with van der Waals surface area (Å²) in [6.07, 6.45) is -1.14. The highest BCUT2D eigenvalue weighted by Crippen LogP contribution is 2.25. The summed E-state index contributed by atoms with van der Waals surface area (Å²) < 4.78 is 14.6. The maximum Gasteiger partial charge on any atom is 0.414 e. The Balaban J connectivity index is 1.59. The van der Waals surface area contributed by atoms with Crippen molar-refractivity contribution in [3.63, 3.8) is 0 Å². The molecule has 3 rings (SSSR count). The number of esters is 1. The highest BCUT2D eigenvalue weighted by molar-refractivity contribution is 6.32. The van der Waals surface area contributed by atoms with Crippen LogP contribution in [0.25, 0.3) is 0 Å². The number of hydrogen-bond donors (Lipinski definition) is 1. The largest absolute Gasteiger partial charge is 0.462 e. The second kappa shape index (κ2) is 8.04. The summed E-state index contributed by atoms with van der Waals surface area (Å²) in [5.41, 5.74) is 1.33. The van der Waals surface area contributed by atoms with Gasteiger partial charge in [0.15, 0.2) is 0 Å². The number of ether oxygens (including phenoxy) is 3. The van der Waals surface area contributed by atoms with Crippen LogP contribution in [0, 0.1) is 0 Å². The molecular weight excluding hydrogens is 358 g/mol. The van der Waals surface area contributed by atoms with Crippen molar-refractivity contribution in [2.75, 3.05) is 49.8 Å². The number of nitrogens with one attached hydrogen (secondary N) is 1. The Bertz CT molecular complexity index is 749. The lowest BCUT2D eigenvalue weighted by molar-refractivity contribution is -0.152. The third-order valence-electron chi connectivity index (χ3n) is 4.19. The molecule has 10 heteroatoms. The smallest absolute Gasteiger partial charge is 0.414 e. The Labute approximate surface area is 154 Å². The fourth-order valence-corrected chi connectivity index (χ4v) is 2.81. The minimum Gasteiger partial charge on any atom is -0.462 e. The van der Waals surface area contributed by atoms with Crippen molar-refractivity contribution < 1.29 is 33.4 Å². The molecule has 27 heavy (non-hydrogen) atoms. The number of carbonyl (C=O) groups excluding carboxylic acids is 4. The molecular formula is C17H19N3O7. The van der Waals surface area contributed by atoms with E-state index in [0.717, 1.165) is 12.8 Å². The molecule has 2 heterocycles. The second-order valence-corrected chi connectivity index (χ2v) is 5.93. The van der Waals surface area contributed by atoms with Gasteiger partial charge in [-0.3, -0.25) is 14.5 Å². The zero-order chi connectivity index (χ0) is 19.4. The van der Waals surface area contributed by atoms with Crippen LogP contribution in [0.4, 0.5) is 16.2 Å². The molecule has 1 N–H and O–H groups in total. The van der Waals surface area contributed by atoms with Crippen molar-refractivity contribution in [1.29, 1.82) is 0 Å². The van der Waals surface area contributed by atoms with Gasteiger partial charge in [0, 0.05) is 17.9 Å². The van der Waals surface area contributed by atoms with Crippen LogP contribution in [-0.2, 0) is 28.6 Å². The average Bonchev–Trinajstić information content (AvgIpc) is 3.06. The van der Waals surface area contributed by atoms with Gasteiger partial charge in [-0.1, -0.05) is 0 Å². The van der Waals surface area contributed by atoms with Gasteiger partial charge < -0.3 is 24.4 Å². The fraction of sp³-hybridized carbons (Fsp3) is 0.412. The van der Waals surface area contributed by atoms with Crippen molar-refractivity contribution in [2.24, 2.45) is 0 Å². The van der Waals surface area contributed by atoms with Gasteiger partial charge in [-0.2, -0.15) is 0 Å². The van der Waals surface area contributed by atoms with Crippen molar-refractivity contribution in [1.82, 2.24) is 5.32 Å². The minimum absolute atomic E-state index is 0.00344. The number of rotatable bonds is 4. The molecule has 0 radical (unpaired) electrons. The highest BCUT2D eigenvalue weighted by atomic mass is 16.6. The predicted molar refractivity (Wildman–Crippen MR) is 92.3 cm³/mol. The van der Waals surface area contributed by atoms with Gasteiger partial charge >= 0.3 is 18.0 Å². The number of nitrogens with zero attached hydrogens (tertiary/aromatic N) is 2. The number of cyclic esters (lactones) is 1. The summed E-state index contributed by atoms with van der Waals surface area (Å²) in [5.74, 6) is -2.02. The Morgan fingerprint density at radius 3 is 2.48 bits per heavy atom. The molecule has 2 aliphatic rings. The average molecular weight is 377 g/mol. The standard InChI is InChI=1S/C17H19N3O7/c1-25-16(23)15(22)18-8-13-9-20(17(24)27-13)12-4-2-11(3-5-12)19-6-7-26-10-14(19)21/h2-5,13H,6-10H2,1H3,(H,18,22)/t13-/m0/s1. The molecule has 1 aromatic rings. The Hall–Kier alpha value is -3.14. The number of anilines is 2.